The van der Waals surface area contributed by atoms with Gasteiger partial charge in [0.2, 0.25) is 5.91 Å². The lowest BCUT2D eigenvalue weighted by Crippen LogP contribution is -2.63. The quantitative estimate of drug-likeness (QED) is 0.400. The summed E-state index contributed by atoms with van der Waals surface area (Å²) in [7, 11) is 0. The maximum atomic E-state index is 11.9. The van der Waals surface area contributed by atoms with Gasteiger partial charge < -0.3 is 4.90 Å². The molecule has 3 aromatic heterocycles. The Bertz CT molecular complexity index is 1580. The summed E-state index contributed by atoms with van der Waals surface area (Å²) in [6, 6.07) is 7.89. The van der Waals surface area contributed by atoms with Crippen LogP contribution in [0.25, 0.3) is 33.3 Å². The molecule has 1 amide bonds. The van der Waals surface area contributed by atoms with Crippen LogP contribution in [-0.4, -0.2) is 48.9 Å². The maximum Gasteiger partial charge on any atom is 0.245 e. The van der Waals surface area contributed by atoms with Crippen LogP contribution in [0.5, 0.6) is 0 Å². The molecule has 0 radical (unpaired) electrons. The van der Waals surface area contributed by atoms with E-state index < -0.39 is 0 Å². The van der Waals surface area contributed by atoms with Gasteiger partial charge in [-0.3, -0.25) is 14.6 Å². The number of H-pyrrole nitrogens is 1. The minimum atomic E-state index is -0.00421. The number of carbonyl (C=O) groups excluding carboxylic acids is 1. The van der Waals surface area contributed by atoms with Crippen LogP contribution < -0.4 is 0 Å². The topological polar surface area (TPSA) is 103 Å². The number of nitrogens with one attached hydrogen (secondary N) is 1. The Balaban J connectivity index is 1.45. The molecule has 8 nitrogen and oxygen atoms in total. The molecule has 1 N–H and O–H groups in total. The van der Waals surface area contributed by atoms with Crippen LogP contribution in [0.2, 0.25) is 5.02 Å². The summed E-state index contributed by atoms with van der Waals surface area (Å²) in [5.74, 6) is -0.00421. The van der Waals surface area contributed by atoms with E-state index in [9.17, 15) is 10.1 Å². The highest BCUT2D eigenvalue weighted by Crippen LogP contribution is 2.55. The maximum absolute atomic E-state index is 11.9. The van der Waals surface area contributed by atoms with E-state index in [1.165, 1.54) is 6.08 Å². The number of hydrogen-bond acceptors (Lipinski definition) is 5. The Labute approximate surface area is 213 Å². The SMILES string of the molecule is C=CC(=O)N1CC2(CC(n3nc(-c4ccc(C#N)nc4)c(-c4c(Cl)c(C)cc5[nH]ncc45)c3C)C2)C1. The number of nitrogens with zero attached hydrogens (tertiary/aromatic N) is 6. The number of amides is 1. The van der Waals surface area contributed by atoms with Crippen LogP contribution in [0, 0.1) is 30.6 Å². The van der Waals surface area contributed by atoms with Crippen LogP contribution in [0.3, 0.4) is 0 Å². The van der Waals surface area contributed by atoms with Crippen molar-refractivity contribution in [3.05, 3.63) is 65.2 Å². The Kier molecular flexibility index (Phi) is 5.02. The lowest BCUT2D eigenvalue weighted by Gasteiger charge is -2.58. The van der Waals surface area contributed by atoms with E-state index in [0.29, 0.717) is 10.7 Å². The third kappa shape index (κ3) is 3.27. The Morgan fingerprint density at radius 3 is 2.72 bits per heavy atom. The fraction of sp³-hybridized carbons (Fsp3) is 0.296. The summed E-state index contributed by atoms with van der Waals surface area (Å²) in [4.78, 5) is 18.1. The van der Waals surface area contributed by atoms with E-state index in [0.717, 1.165) is 70.5 Å². The van der Waals surface area contributed by atoms with Gasteiger partial charge >= 0.3 is 0 Å². The zero-order chi connectivity index (χ0) is 25.2. The first-order valence-corrected chi connectivity index (χ1v) is 12.2. The molecule has 0 unspecified atom stereocenters. The van der Waals surface area contributed by atoms with Crippen molar-refractivity contribution in [3.63, 3.8) is 0 Å². The van der Waals surface area contributed by atoms with Crippen molar-refractivity contribution in [1.82, 2.24) is 29.9 Å². The summed E-state index contributed by atoms with van der Waals surface area (Å²) in [6.45, 7) is 9.20. The zero-order valence-corrected chi connectivity index (χ0v) is 20.8. The molecule has 36 heavy (non-hydrogen) atoms. The Morgan fingerprint density at radius 1 is 1.28 bits per heavy atom. The predicted octanol–water partition coefficient (Wildman–Crippen LogP) is 4.98. The number of likely N-dealkylation sites (tertiary alicyclic amines) is 1. The fourth-order valence-corrected chi connectivity index (χ4v) is 6.09. The van der Waals surface area contributed by atoms with Crippen molar-refractivity contribution in [2.24, 2.45) is 5.41 Å². The molecular formula is C27H24ClN7O. The summed E-state index contributed by atoms with van der Waals surface area (Å²) in [5.41, 5.74) is 6.82. The monoisotopic (exact) mass is 497 g/mol. The number of benzene rings is 1. The molecule has 9 heteroatoms. The number of aromatic amines is 1. The lowest BCUT2D eigenvalue weighted by atomic mass is 9.60. The highest BCUT2D eigenvalue weighted by molar-refractivity contribution is 6.36. The van der Waals surface area contributed by atoms with Gasteiger partial charge in [0.15, 0.2) is 0 Å². The molecule has 1 aliphatic heterocycles. The summed E-state index contributed by atoms with van der Waals surface area (Å²) in [6.07, 6.45) is 6.79. The van der Waals surface area contributed by atoms with Crippen molar-refractivity contribution in [2.75, 3.05) is 13.1 Å². The molecule has 1 aromatic carbocycles. The first-order valence-electron chi connectivity index (χ1n) is 11.8. The number of fused-ring (bicyclic) bond motifs is 1. The Hall–Kier alpha value is -3.96. The highest BCUT2D eigenvalue weighted by Gasteiger charge is 2.54. The predicted molar refractivity (Wildman–Crippen MR) is 137 cm³/mol. The van der Waals surface area contributed by atoms with Gasteiger partial charge in [-0.05, 0) is 56.5 Å². The minimum Gasteiger partial charge on any atom is -0.338 e. The summed E-state index contributed by atoms with van der Waals surface area (Å²) in [5, 5.41) is 23.2. The average molecular weight is 498 g/mol. The van der Waals surface area contributed by atoms with E-state index in [-0.39, 0.29) is 17.4 Å². The molecular weight excluding hydrogens is 474 g/mol. The number of aryl methyl sites for hydroxylation is 1. The molecule has 4 heterocycles. The van der Waals surface area contributed by atoms with Gasteiger partial charge in [0.05, 0.1) is 22.8 Å². The third-order valence-corrected chi connectivity index (χ3v) is 8.13. The number of pyridine rings is 1. The van der Waals surface area contributed by atoms with Gasteiger partial charge in [-0.2, -0.15) is 15.5 Å². The van der Waals surface area contributed by atoms with Crippen LogP contribution in [0.4, 0.5) is 0 Å². The van der Waals surface area contributed by atoms with Crippen molar-refractivity contribution < 1.29 is 4.79 Å². The lowest BCUT2D eigenvalue weighted by molar-refractivity contribution is -0.149. The number of halogens is 1. The first kappa shape index (κ1) is 22.5. The molecule has 6 rings (SSSR count). The molecule has 180 valence electrons. The summed E-state index contributed by atoms with van der Waals surface area (Å²) < 4.78 is 2.11. The zero-order valence-electron chi connectivity index (χ0n) is 20.0. The van der Waals surface area contributed by atoms with Gasteiger partial charge in [-0.25, -0.2) is 4.98 Å². The molecule has 1 saturated heterocycles. The molecule has 0 atom stereocenters. The molecule has 2 aliphatic rings. The van der Waals surface area contributed by atoms with E-state index in [1.807, 2.05) is 24.0 Å². The van der Waals surface area contributed by atoms with E-state index in [4.69, 9.17) is 16.7 Å². The number of rotatable bonds is 4. The normalized spacial score (nSPS) is 16.6. The van der Waals surface area contributed by atoms with Gasteiger partial charge in [0.25, 0.3) is 0 Å². The third-order valence-electron chi connectivity index (χ3n) is 7.64. The second-order valence-corrected chi connectivity index (χ2v) is 10.3. The van der Waals surface area contributed by atoms with Gasteiger partial charge in [0.1, 0.15) is 17.5 Å². The van der Waals surface area contributed by atoms with Crippen molar-refractivity contribution in [1.29, 1.82) is 5.26 Å². The van der Waals surface area contributed by atoms with Gasteiger partial charge in [0, 0.05) is 52.5 Å². The molecule has 2 fully saturated rings. The number of hydrogen-bond donors (Lipinski definition) is 1. The summed E-state index contributed by atoms with van der Waals surface area (Å²) >= 11 is 6.93. The second-order valence-electron chi connectivity index (χ2n) is 9.97. The highest BCUT2D eigenvalue weighted by atomic mass is 35.5. The van der Waals surface area contributed by atoms with Crippen LogP contribution in [-0.2, 0) is 4.79 Å². The van der Waals surface area contributed by atoms with Crippen molar-refractivity contribution >= 4 is 28.4 Å². The molecule has 4 aromatic rings. The molecule has 1 spiro atoms. The number of carbonyl (C=O) groups is 1. The molecule has 1 saturated carbocycles. The van der Waals surface area contributed by atoms with Crippen molar-refractivity contribution in [3.8, 4) is 28.5 Å². The van der Waals surface area contributed by atoms with Crippen LogP contribution >= 0.6 is 11.6 Å². The van der Waals surface area contributed by atoms with Crippen molar-refractivity contribution in [2.45, 2.75) is 32.7 Å². The first-order chi connectivity index (χ1) is 17.3. The average Bonchev–Trinajstić information content (AvgIpc) is 3.42. The van der Waals surface area contributed by atoms with Gasteiger partial charge in [-0.15, -0.1) is 0 Å². The van der Waals surface area contributed by atoms with Gasteiger partial charge in [-0.1, -0.05) is 18.2 Å². The van der Waals surface area contributed by atoms with Crippen LogP contribution in [0.15, 0.2) is 43.2 Å². The van der Waals surface area contributed by atoms with Crippen LogP contribution in [0.1, 0.15) is 35.8 Å². The standard InChI is InChI=1S/C27H24ClN7O/c1-4-22(36)34-13-27(14-34)8-19(9-27)35-16(3)23(26(33-35)17-5-6-18(10-29)30-11-17)24-20-12-31-32-21(20)7-15(2)25(24)28/h4-7,11-12,19H,1,8-9,13-14H2,2-3H3,(H,31,32). The largest absolute Gasteiger partial charge is 0.338 e. The van der Waals surface area contributed by atoms with E-state index in [2.05, 4.69) is 39.4 Å². The minimum absolute atomic E-state index is 0.00421. The van der Waals surface area contributed by atoms with E-state index in [1.54, 1.807) is 18.5 Å². The fourth-order valence-electron chi connectivity index (χ4n) is 5.84. The second kappa shape index (κ2) is 8.04. The molecule has 1 aliphatic carbocycles. The Morgan fingerprint density at radius 2 is 2.06 bits per heavy atom. The number of aromatic nitrogens is 5. The molecule has 0 bridgehead atoms. The van der Waals surface area contributed by atoms with E-state index >= 15 is 0 Å². The smallest absolute Gasteiger partial charge is 0.245 e. The number of nitriles is 1.